The second-order valence-electron chi connectivity index (χ2n) is 6.20. The maximum atomic E-state index is 12.3. The van der Waals surface area contributed by atoms with Crippen molar-refractivity contribution in [3.8, 4) is 11.5 Å². The van der Waals surface area contributed by atoms with E-state index in [-0.39, 0.29) is 12.7 Å². The van der Waals surface area contributed by atoms with Crippen molar-refractivity contribution >= 4 is 16.7 Å². The monoisotopic (exact) mass is 349 g/mol. The van der Waals surface area contributed by atoms with Gasteiger partial charge in [0.25, 0.3) is 5.91 Å². The highest BCUT2D eigenvalue weighted by molar-refractivity contribution is 5.95. The fourth-order valence-electron chi connectivity index (χ4n) is 3.16. The van der Waals surface area contributed by atoms with Crippen molar-refractivity contribution in [1.29, 1.82) is 0 Å². The average molecular weight is 349 g/mol. The summed E-state index contributed by atoms with van der Waals surface area (Å²) in [6.45, 7) is 0.551. The summed E-state index contributed by atoms with van der Waals surface area (Å²) in [5, 5.41) is 15.5. The lowest BCUT2D eigenvalue weighted by atomic mass is 9.99. The van der Waals surface area contributed by atoms with Gasteiger partial charge in [0.05, 0.1) is 6.10 Å². The fourth-order valence-corrected chi connectivity index (χ4v) is 3.16. The third-order valence-corrected chi connectivity index (χ3v) is 4.52. The number of fused-ring (bicyclic) bond motifs is 2. The van der Waals surface area contributed by atoms with Crippen LogP contribution >= 0.6 is 0 Å². The van der Waals surface area contributed by atoms with E-state index < -0.39 is 6.10 Å². The summed E-state index contributed by atoms with van der Waals surface area (Å²) >= 11 is 0. The van der Waals surface area contributed by atoms with Crippen molar-refractivity contribution in [1.82, 2.24) is 5.32 Å². The Kier molecular flexibility index (Phi) is 4.46. The van der Waals surface area contributed by atoms with Crippen LogP contribution in [0.4, 0.5) is 0 Å². The Balaban J connectivity index is 1.39. The molecule has 1 amide bonds. The lowest BCUT2D eigenvalue weighted by Crippen LogP contribution is -2.25. The normalized spacial score (nSPS) is 13.6. The van der Waals surface area contributed by atoms with E-state index in [2.05, 4.69) is 5.32 Å². The van der Waals surface area contributed by atoms with Gasteiger partial charge < -0.3 is 19.9 Å². The van der Waals surface area contributed by atoms with Gasteiger partial charge >= 0.3 is 0 Å². The molecule has 4 rings (SSSR count). The molecule has 2 N–H and O–H groups in total. The minimum atomic E-state index is -0.641. The summed E-state index contributed by atoms with van der Waals surface area (Å²) in [7, 11) is 0. The van der Waals surface area contributed by atoms with Crippen LogP contribution in [0.5, 0.6) is 11.5 Å². The zero-order valence-corrected chi connectivity index (χ0v) is 14.1. The topological polar surface area (TPSA) is 67.8 Å². The predicted molar refractivity (Wildman–Crippen MR) is 98.4 cm³/mol. The summed E-state index contributed by atoms with van der Waals surface area (Å²) in [5.74, 6) is 1.02. The summed E-state index contributed by atoms with van der Waals surface area (Å²) < 4.78 is 10.5. The number of hydrogen-bond acceptors (Lipinski definition) is 4. The van der Waals surface area contributed by atoms with Crippen LogP contribution in [0, 0.1) is 0 Å². The standard InChI is InChI=1S/C21H19NO4/c23-18(17-7-3-5-14-4-1-2-6-16(14)17)10-11-22-21(24)15-8-9-19-20(12-15)26-13-25-19/h1-9,12,18,23H,10-11,13H2,(H,22,24). The molecule has 0 saturated heterocycles. The Morgan fingerprint density at radius 3 is 2.77 bits per heavy atom. The van der Waals surface area contributed by atoms with Crippen molar-refractivity contribution < 1.29 is 19.4 Å². The smallest absolute Gasteiger partial charge is 0.251 e. The van der Waals surface area contributed by atoms with Gasteiger partial charge in [-0.2, -0.15) is 0 Å². The van der Waals surface area contributed by atoms with Crippen molar-refractivity contribution in [2.24, 2.45) is 0 Å². The molecule has 1 heterocycles. The van der Waals surface area contributed by atoms with Crippen LogP contribution in [-0.2, 0) is 0 Å². The van der Waals surface area contributed by atoms with E-state index in [0.29, 0.717) is 30.0 Å². The largest absolute Gasteiger partial charge is 0.454 e. The molecule has 5 heteroatoms. The van der Waals surface area contributed by atoms with Crippen LogP contribution in [0.15, 0.2) is 60.7 Å². The molecule has 0 saturated carbocycles. The predicted octanol–water partition coefficient (Wildman–Crippen LogP) is 3.42. The van der Waals surface area contributed by atoms with Crippen LogP contribution in [0.2, 0.25) is 0 Å². The first-order valence-corrected chi connectivity index (χ1v) is 8.56. The molecule has 0 aromatic heterocycles. The summed E-state index contributed by atoms with van der Waals surface area (Å²) in [4.78, 5) is 12.3. The second kappa shape index (κ2) is 7.06. The third-order valence-electron chi connectivity index (χ3n) is 4.52. The molecule has 0 bridgehead atoms. The van der Waals surface area contributed by atoms with Gasteiger partial charge in [-0.25, -0.2) is 0 Å². The van der Waals surface area contributed by atoms with Gasteiger partial charge in [0.2, 0.25) is 6.79 Å². The van der Waals surface area contributed by atoms with E-state index in [1.54, 1.807) is 18.2 Å². The van der Waals surface area contributed by atoms with Gasteiger partial charge in [-0.1, -0.05) is 42.5 Å². The van der Waals surface area contributed by atoms with Gasteiger partial charge in [0.15, 0.2) is 11.5 Å². The zero-order chi connectivity index (χ0) is 17.9. The zero-order valence-electron chi connectivity index (χ0n) is 14.1. The van der Waals surface area contributed by atoms with Gasteiger partial charge in [-0.05, 0) is 41.0 Å². The highest BCUT2D eigenvalue weighted by Crippen LogP contribution is 2.32. The molecule has 1 aliphatic rings. The highest BCUT2D eigenvalue weighted by atomic mass is 16.7. The molecule has 132 valence electrons. The number of amides is 1. The minimum Gasteiger partial charge on any atom is -0.454 e. The molecule has 3 aromatic rings. The van der Waals surface area contributed by atoms with Crippen molar-refractivity contribution in [3.05, 3.63) is 71.8 Å². The van der Waals surface area contributed by atoms with E-state index in [1.807, 2.05) is 42.5 Å². The number of benzene rings is 3. The van der Waals surface area contributed by atoms with Crippen molar-refractivity contribution in [2.45, 2.75) is 12.5 Å². The van der Waals surface area contributed by atoms with E-state index in [9.17, 15) is 9.90 Å². The molecule has 0 aliphatic carbocycles. The quantitative estimate of drug-likeness (QED) is 0.741. The average Bonchev–Trinajstić information content (AvgIpc) is 3.15. The first kappa shape index (κ1) is 16.4. The lowest BCUT2D eigenvalue weighted by molar-refractivity contribution is 0.0942. The van der Waals surface area contributed by atoms with Crippen LogP contribution < -0.4 is 14.8 Å². The van der Waals surface area contributed by atoms with Gasteiger partial charge in [0, 0.05) is 12.1 Å². The minimum absolute atomic E-state index is 0.178. The lowest BCUT2D eigenvalue weighted by Gasteiger charge is -2.14. The molecule has 0 spiro atoms. The molecule has 0 fully saturated rings. The van der Waals surface area contributed by atoms with E-state index in [4.69, 9.17) is 9.47 Å². The van der Waals surface area contributed by atoms with E-state index in [1.165, 1.54) is 0 Å². The van der Waals surface area contributed by atoms with E-state index in [0.717, 1.165) is 16.3 Å². The van der Waals surface area contributed by atoms with E-state index >= 15 is 0 Å². The Morgan fingerprint density at radius 2 is 1.85 bits per heavy atom. The Morgan fingerprint density at radius 1 is 1.04 bits per heavy atom. The number of nitrogens with one attached hydrogen (secondary N) is 1. The summed E-state index contributed by atoms with van der Waals surface area (Å²) in [6, 6.07) is 18.9. The highest BCUT2D eigenvalue weighted by Gasteiger charge is 2.16. The van der Waals surface area contributed by atoms with Crippen LogP contribution in [0.1, 0.15) is 28.4 Å². The molecule has 1 atom stereocenters. The summed E-state index contributed by atoms with van der Waals surface area (Å²) in [6.07, 6.45) is -0.206. The number of aliphatic hydroxyl groups is 1. The second-order valence-corrected chi connectivity index (χ2v) is 6.20. The fraction of sp³-hybridized carbons (Fsp3) is 0.190. The molecule has 1 unspecified atom stereocenters. The van der Waals surface area contributed by atoms with Crippen LogP contribution in [0.3, 0.4) is 0 Å². The molecule has 26 heavy (non-hydrogen) atoms. The molecule has 3 aromatic carbocycles. The van der Waals surface area contributed by atoms with Crippen LogP contribution in [-0.4, -0.2) is 24.4 Å². The molecule has 1 aliphatic heterocycles. The molecular weight excluding hydrogens is 330 g/mol. The van der Waals surface area contributed by atoms with Crippen molar-refractivity contribution in [2.75, 3.05) is 13.3 Å². The summed E-state index contributed by atoms with van der Waals surface area (Å²) in [5.41, 5.74) is 1.38. The number of carbonyl (C=O) groups excluding carboxylic acids is 1. The van der Waals surface area contributed by atoms with Crippen LogP contribution in [0.25, 0.3) is 10.8 Å². The third kappa shape index (κ3) is 3.21. The molecular formula is C21H19NO4. The van der Waals surface area contributed by atoms with Gasteiger partial charge in [0.1, 0.15) is 0 Å². The number of carbonyl (C=O) groups is 1. The maximum Gasteiger partial charge on any atom is 0.251 e. The first-order chi connectivity index (χ1) is 12.7. The number of hydrogen-bond donors (Lipinski definition) is 2. The number of rotatable bonds is 5. The molecule has 0 radical (unpaired) electrons. The van der Waals surface area contributed by atoms with Crippen molar-refractivity contribution in [3.63, 3.8) is 0 Å². The van der Waals surface area contributed by atoms with Gasteiger partial charge in [-0.3, -0.25) is 4.79 Å². The van der Waals surface area contributed by atoms with Gasteiger partial charge in [-0.15, -0.1) is 0 Å². The Labute approximate surface area is 151 Å². The molecule has 5 nitrogen and oxygen atoms in total. The number of aliphatic hydroxyl groups excluding tert-OH is 1. The SMILES string of the molecule is O=C(NCCC(O)c1cccc2ccccc12)c1ccc2c(c1)OCO2. The number of ether oxygens (including phenoxy) is 2. The maximum absolute atomic E-state index is 12.3. The Hall–Kier alpha value is -3.05. The first-order valence-electron chi connectivity index (χ1n) is 8.56. The Bertz CT molecular complexity index is 948.